The average Bonchev–Trinajstić information content (AvgIpc) is 2.76. The van der Waals surface area contributed by atoms with Crippen LogP contribution >= 0.6 is 0 Å². The zero-order valence-electron chi connectivity index (χ0n) is 18.4. The van der Waals surface area contributed by atoms with Crippen LogP contribution in [0.2, 0.25) is 0 Å². The molecule has 0 unspecified atom stereocenters. The van der Waals surface area contributed by atoms with Crippen LogP contribution in [0.3, 0.4) is 0 Å². The van der Waals surface area contributed by atoms with Gasteiger partial charge in [0.1, 0.15) is 17.2 Å². The van der Waals surface area contributed by atoms with Gasteiger partial charge in [0.2, 0.25) is 0 Å². The van der Waals surface area contributed by atoms with Crippen LogP contribution in [0.1, 0.15) is 32.6 Å². The third-order valence-electron chi connectivity index (χ3n) is 4.88. The van der Waals surface area contributed by atoms with E-state index in [0.717, 1.165) is 17.7 Å². The molecule has 2 N–H and O–H groups in total. The van der Waals surface area contributed by atoms with Gasteiger partial charge < -0.3 is 19.9 Å². The Morgan fingerprint density at radius 1 is 0.941 bits per heavy atom. The van der Waals surface area contributed by atoms with Crippen molar-refractivity contribution in [2.45, 2.75) is 26.6 Å². The standard InChI is InChI=1S/C25H22F3NO5/c1-15-10-18(25(26,27)28)6-8-21(15)24(32)29-13-17-4-3-5-19(12-17)34-20-7-9-22(16(2)11-20)33-14-23(30)31/h3-12H,13-14H2,1-2H3,(H,29,32)(H,30,31). The van der Waals surface area contributed by atoms with Gasteiger partial charge in [-0.3, -0.25) is 4.79 Å². The molecule has 34 heavy (non-hydrogen) atoms. The Labute approximate surface area is 193 Å². The first-order valence-electron chi connectivity index (χ1n) is 10.2. The first-order valence-corrected chi connectivity index (χ1v) is 10.2. The van der Waals surface area contributed by atoms with Gasteiger partial charge in [0, 0.05) is 12.1 Å². The number of benzene rings is 3. The Balaban J connectivity index is 1.63. The molecule has 0 radical (unpaired) electrons. The molecule has 3 rings (SSSR count). The molecular weight excluding hydrogens is 451 g/mol. The number of carbonyl (C=O) groups is 2. The summed E-state index contributed by atoms with van der Waals surface area (Å²) in [6.07, 6.45) is -4.47. The normalized spacial score (nSPS) is 11.1. The zero-order valence-corrected chi connectivity index (χ0v) is 18.4. The first-order chi connectivity index (χ1) is 16.0. The Morgan fingerprint density at radius 3 is 2.32 bits per heavy atom. The highest BCUT2D eigenvalue weighted by atomic mass is 19.4. The number of aliphatic carboxylic acids is 1. The van der Waals surface area contributed by atoms with Crippen LogP contribution in [0.5, 0.6) is 17.2 Å². The summed E-state index contributed by atoms with van der Waals surface area (Å²) in [7, 11) is 0. The largest absolute Gasteiger partial charge is 0.482 e. The lowest BCUT2D eigenvalue weighted by Crippen LogP contribution is -2.24. The summed E-state index contributed by atoms with van der Waals surface area (Å²) in [5.41, 5.74) is 1.03. The van der Waals surface area contributed by atoms with Crippen LogP contribution in [-0.2, 0) is 17.5 Å². The SMILES string of the molecule is Cc1cc(Oc2cccc(CNC(=O)c3ccc(C(F)(F)F)cc3C)c2)ccc1OCC(=O)O. The lowest BCUT2D eigenvalue weighted by molar-refractivity contribution is -0.139. The predicted octanol–water partition coefficient (Wildman–Crippen LogP) is 5.51. The number of carbonyl (C=O) groups excluding carboxylic acids is 1. The zero-order chi connectivity index (χ0) is 24.9. The van der Waals surface area contributed by atoms with Gasteiger partial charge in [-0.15, -0.1) is 0 Å². The van der Waals surface area contributed by atoms with Gasteiger partial charge in [0.05, 0.1) is 5.56 Å². The Morgan fingerprint density at radius 2 is 1.68 bits per heavy atom. The summed E-state index contributed by atoms with van der Waals surface area (Å²) < 4.78 is 49.5. The van der Waals surface area contributed by atoms with E-state index in [9.17, 15) is 22.8 Å². The molecule has 0 aliphatic rings. The number of carboxylic acid groups (broad SMARTS) is 1. The van der Waals surface area contributed by atoms with E-state index in [-0.39, 0.29) is 17.7 Å². The van der Waals surface area contributed by atoms with Crippen LogP contribution in [0.25, 0.3) is 0 Å². The van der Waals surface area contributed by atoms with Crippen LogP contribution in [0, 0.1) is 13.8 Å². The molecule has 0 spiro atoms. The number of rotatable bonds is 8. The topological polar surface area (TPSA) is 84.9 Å². The Kier molecular flexibility index (Phi) is 7.45. The van der Waals surface area contributed by atoms with Crippen molar-refractivity contribution in [1.82, 2.24) is 5.32 Å². The molecule has 0 saturated heterocycles. The smallest absolute Gasteiger partial charge is 0.416 e. The molecule has 3 aromatic rings. The maximum atomic E-state index is 12.8. The number of alkyl halides is 3. The van der Waals surface area contributed by atoms with Crippen LogP contribution in [0.15, 0.2) is 60.7 Å². The third-order valence-corrected chi connectivity index (χ3v) is 4.88. The van der Waals surface area contributed by atoms with Crippen molar-refractivity contribution in [3.8, 4) is 17.2 Å². The van der Waals surface area contributed by atoms with Gasteiger partial charge >= 0.3 is 12.1 Å². The van der Waals surface area contributed by atoms with Gasteiger partial charge in [-0.25, -0.2) is 4.79 Å². The number of hydrogen-bond acceptors (Lipinski definition) is 4. The van der Waals surface area contributed by atoms with Crippen molar-refractivity contribution >= 4 is 11.9 Å². The first kappa shape index (κ1) is 24.6. The summed E-state index contributed by atoms with van der Waals surface area (Å²) >= 11 is 0. The number of amides is 1. The highest BCUT2D eigenvalue weighted by Crippen LogP contribution is 2.31. The Bertz CT molecular complexity index is 1210. The highest BCUT2D eigenvalue weighted by molar-refractivity contribution is 5.95. The fourth-order valence-corrected chi connectivity index (χ4v) is 3.21. The monoisotopic (exact) mass is 473 g/mol. The number of ether oxygens (including phenoxy) is 2. The molecule has 0 aliphatic carbocycles. The van der Waals surface area contributed by atoms with Gasteiger partial charge in [-0.1, -0.05) is 12.1 Å². The van der Waals surface area contributed by atoms with E-state index >= 15 is 0 Å². The lowest BCUT2D eigenvalue weighted by atomic mass is 10.0. The molecule has 178 valence electrons. The maximum absolute atomic E-state index is 12.8. The molecule has 0 fully saturated rings. The van der Waals surface area contributed by atoms with E-state index in [1.165, 1.54) is 13.0 Å². The quantitative estimate of drug-likeness (QED) is 0.451. The molecule has 0 aliphatic heterocycles. The second kappa shape index (κ2) is 10.3. The number of carboxylic acids is 1. The van der Waals surface area contributed by atoms with Crippen molar-refractivity contribution in [2.24, 2.45) is 0 Å². The van der Waals surface area contributed by atoms with Crippen LogP contribution in [0.4, 0.5) is 13.2 Å². The van der Waals surface area contributed by atoms with Gasteiger partial charge in [0.15, 0.2) is 6.61 Å². The molecule has 0 heterocycles. The van der Waals surface area contributed by atoms with Gasteiger partial charge in [-0.2, -0.15) is 13.2 Å². The number of nitrogens with one attached hydrogen (secondary N) is 1. The van der Waals surface area contributed by atoms with Crippen molar-refractivity contribution in [3.63, 3.8) is 0 Å². The van der Waals surface area contributed by atoms with Gasteiger partial charge in [0.25, 0.3) is 5.91 Å². The molecular formula is C25H22F3NO5. The van der Waals surface area contributed by atoms with E-state index < -0.39 is 30.2 Å². The van der Waals surface area contributed by atoms with Crippen molar-refractivity contribution < 1.29 is 37.3 Å². The Hall–Kier alpha value is -4.01. The molecule has 6 nitrogen and oxygen atoms in total. The second-order valence-electron chi connectivity index (χ2n) is 7.57. The molecule has 0 saturated carbocycles. The fourth-order valence-electron chi connectivity index (χ4n) is 3.21. The number of aryl methyl sites for hydroxylation is 2. The van der Waals surface area contributed by atoms with Gasteiger partial charge in [-0.05, 0) is 79.1 Å². The van der Waals surface area contributed by atoms with E-state index in [4.69, 9.17) is 14.6 Å². The molecule has 9 heteroatoms. The van der Waals surface area contributed by atoms with Crippen LogP contribution in [-0.4, -0.2) is 23.6 Å². The summed E-state index contributed by atoms with van der Waals surface area (Å²) in [4.78, 5) is 23.1. The van der Waals surface area contributed by atoms with E-state index in [0.29, 0.717) is 22.8 Å². The maximum Gasteiger partial charge on any atom is 0.416 e. The molecule has 1 amide bonds. The molecule has 0 bridgehead atoms. The minimum absolute atomic E-state index is 0.150. The predicted molar refractivity (Wildman–Crippen MR) is 118 cm³/mol. The van der Waals surface area contributed by atoms with E-state index in [2.05, 4.69) is 5.32 Å². The third kappa shape index (κ3) is 6.50. The van der Waals surface area contributed by atoms with Crippen molar-refractivity contribution in [3.05, 3.63) is 88.5 Å². The van der Waals surface area contributed by atoms with E-state index in [1.807, 2.05) is 0 Å². The van der Waals surface area contributed by atoms with Crippen molar-refractivity contribution in [2.75, 3.05) is 6.61 Å². The molecule has 3 aromatic carbocycles. The minimum Gasteiger partial charge on any atom is -0.482 e. The number of hydrogen-bond donors (Lipinski definition) is 2. The highest BCUT2D eigenvalue weighted by Gasteiger charge is 2.31. The second-order valence-corrected chi connectivity index (χ2v) is 7.57. The summed E-state index contributed by atoms with van der Waals surface area (Å²) in [5, 5.41) is 11.4. The summed E-state index contributed by atoms with van der Waals surface area (Å²) in [5.74, 6) is -0.0928. The summed E-state index contributed by atoms with van der Waals surface area (Å²) in [6.45, 7) is 2.93. The van der Waals surface area contributed by atoms with E-state index in [1.54, 1.807) is 49.4 Å². The molecule has 0 atom stereocenters. The fraction of sp³-hybridized carbons (Fsp3) is 0.200. The average molecular weight is 473 g/mol. The minimum atomic E-state index is -4.47. The summed E-state index contributed by atoms with van der Waals surface area (Å²) in [6, 6.07) is 15.0. The number of halogens is 3. The van der Waals surface area contributed by atoms with Crippen molar-refractivity contribution in [1.29, 1.82) is 0 Å². The van der Waals surface area contributed by atoms with Crippen LogP contribution < -0.4 is 14.8 Å². The molecule has 0 aromatic heterocycles. The lowest BCUT2D eigenvalue weighted by Gasteiger charge is -2.13.